The van der Waals surface area contributed by atoms with Crippen molar-refractivity contribution in [3.63, 3.8) is 0 Å². The molecule has 2 aromatic heterocycles. The van der Waals surface area contributed by atoms with Crippen LogP contribution >= 0.6 is 0 Å². The quantitative estimate of drug-likeness (QED) is 0.273. The summed E-state index contributed by atoms with van der Waals surface area (Å²) in [6.45, 7) is 0. The number of hydrogen-bond acceptors (Lipinski definition) is 4. The Hall–Kier alpha value is -5.10. The number of fused-ring (bicyclic) bond motifs is 7. The van der Waals surface area contributed by atoms with Crippen LogP contribution in [-0.2, 0) is 5.54 Å². The minimum atomic E-state index is -0.568. The minimum absolute atomic E-state index is 0.0628. The van der Waals surface area contributed by atoms with E-state index >= 15 is 0 Å². The Bertz CT molecular complexity index is 2040. The van der Waals surface area contributed by atoms with Crippen molar-refractivity contribution in [1.82, 2.24) is 9.55 Å². The molecule has 6 heterocycles. The van der Waals surface area contributed by atoms with Gasteiger partial charge in [-0.2, -0.15) is 4.57 Å². The summed E-state index contributed by atoms with van der Waals surface area (Å²) in [6.07, 6.45) is 10.4. The van der Waals surface area contributed by atoms with Gasteiger partial charge in [0.2, 0.25) is 5.54 Å². The predicted molar refractivity (Wildman–Crippen MR) is 146 cm³/mol. The average Bonchev–Trinajstić information content (AvgIpc) is 3.64. The van der Waals surface area contributed by atoms with Crippen LogP contribution in [0.15, 0.2) is 116 Å². The zero-order valence-electron chi connectivity index (χ0n) is 20.2. The van der Waals surface area contributed by atoms with Gasteiger partial charge in [-0.3, -0.25) is 4.98 Å². The fourth-order valence-electron chi connectivity index (χ4n) is 7.50. The van der Waals surface area contributed by atoms with E-state index in [4.69, 9.17) is 4.74 Å². The zero-order valence-corrected chi connectivity index (χ0v) is 20.2. The monoisotopic (exact) mass is 490 g/mol. The highest BCUT2D eigenvalue weighted by Gasteiger charge is 2.67. The molecule has 0 aliphatic carbocycles. The minimum Gasteiger partial charge on any atom is -0.456 e. The van der Waals surface area contributed by atoms with E-state index in [-0.39, 0.29) is 6.17 Å². The number of nitrogens with zero attached hydrogens (tertiary/aromatic N) is 5. The van der Waals surface area contributed by atoms with Gasteiger partial charge < -0.3 is 14.5 Å². The Labute approximate surface area is 217 Å². The third-order valence-corrected chi connectivity index (χ3v) is 8.75. The topological polar surface area (TPSA) is 37.4 Å². The van der Waals surface area contributed by atoms with Crippen LogP contribution in [0.3, 0.4) is 0 Å². The fourth-order valence-corrected chi connectivity index (χ4v) is 7.50. The lowest BCUT2D eigenvalue weighted by Crippen LogP contribution is -2.70. The molecule has 178 valence electrons. The first-order valence-corrected chi connectivity index (χ1v) is 12.9. The molecule has 0 bridgehead atoms. The number of benzene rings is 4. The summed E-state index contributed by atoms with van der Waals surface area (Å²) in [7, 11) is 0. The van der Waals surface area contributed by atoms with Crippen LogP contribution in [0.25, 0.3) is 27.6 Å². The Balaban J connectivity index is 1.45. The van der Waals surface area contributed by atoms with E-state index < -0.39 is 5.54 Å². The first kappa shape index (κ1) is 19.1. The molecule has 2 atom stereocenters. The van der Waals surface area contributed by atoms with Crippen LogP contribution in [0.4, 0.5) is 11.4 Å². The van der Waals surface area contributed by atoms with E-state index in [1.807, 2.05) is 12.4 Å². The number of ether oxygens (including phenoxy) is 1. The fraction of sp³-hybridized carbons (Fsp3) is 0.0625. The maximum Gasteiger partial charge on any atom is 0.306 e. The standard InChI is InChI=1S/C32H20N5O/c1-2-7-20(8-3-1)34-17-18-35-24-11-6-12-25-28(24)32(31(34)35)29-26(38-25)14-13-22-21-9-4-5-10-23(21)37(30(22)29)27-19-33-15-16-36(27)32/h1-19,31H/q+1. The van der Waals surface area contributed by atoms with Crippen molar-refractivity contribution in [2.75, 3.05) is 9.80 Å². The van der Waals surface area contributed by atoms with E-state index in [9.17, 15) is 0 Å². The molecule has 2 unspecified atom stereocenters. The molecule has 4 aliphatic heterocycles. The van der Waals surface area contributed by atoms with Crippen LogP contribution in [0.5, 0.6) is 11.5 Å². The number of para-hydroxylation sites is 2. The molecule has 0 saturated heterocycles. The van der Waals surface area contributed by atoms with Crippen molar-refractivity contribution >= 4 is 33.2 Å². The van der Waals surface area contributed by atoms with Gasteiger partial charge in [0.1, 0.15) is 29.4 Å². The van der Waals surface area contributed by atoms with Gasteiger partial charge in [0.05, 0.1) is 23.0 Å². The lowest BCUT2D eigenvalue weighted by molar-refractivity contribution is -0.741. The lowest BCUT2D eigenvalue weighted by Gasteiger charge is -2.43. The van der Waals surface area contributed by atoms with Crippen LogP contribution in [0, 0.1) is 0 Å². The lowest BCUT2D eigenvalue weighted by atomic mass is 9.76. The summed E-state index contributed by atoms with van der Waals surface area (Å²) in [4.78, 5) is 9.46. The maximum absolute atomic E-state index is 6.74. The van der Waals surface area contributed by atoms with Crippen LogP contribution in [0.1, 0.15) is 11.1 Å². The molecule has 0 saturated carbocycles. The van der Waals surface area contributed by atoms with E-state index in [2.05, 4.69) is 127 Å². The zero-order chi connectivity index (χ0) is 24.6. The predicted octanol–water partition coefficient (Wildman–Crippen LogP) is 5.81. The van der Waals surface area contributed by atoms with Gasteiger partial charge >= 0.3 is 5.82 Å². The van der Waals surface area contributed by atoms with Gasteiger partial charge in [-0.15, -0.1) is 0 Å². The molecular weight excluding hydrogens is 470 g/mol. The van der Waals surface area contributed by atoms with Gasteiger partial charge in [-0.1, -0.05) is 36.4 Å². The first-order chi connectivity index (χ1) is 18.9. The normalized spacial score (nSPS) is 21.0. The molecule has 10 rings (SSSR count). The van der Waals surface area contributed by atoms with E-state index in [1.54, 1.807) is 0 Å². The molecule has 6 aromatic rings. The Morgan fingerprint density at radius 3 is 2.55 bits per heavy atom. The summed E-state index contributed by atoms with van der Waals surface area (Å²) < 4.78 is 11.5. The maximum atomic E-state index is 6.74. The van der Waals surface area contributed by atoms with Crippen molar-refractivity contribution in [2.24, 2.45) is 0 Å². The molecule has 6 heteroatoms. The van der Waals surface area contributed by atoms with Crippen molar-refractivity contribution in [1.29, 1.82) is 0 Å². The summed E-state index contributed by atoms with van der Waals surface area (Å²) in [5.74, 6) is 2.86. The SMILES string of the molecule is C1=CN2c3cccc4c3C3(c5c(ccc6c7ccccc7n(c56)-c5cncc[n+]53)O4)C2N1c1ccccc1. The Kier molecular flexibility index (Phi) is 3.13. The molecule has 0 N–H and O–H groups in total. The van der Waals surface area contributed by atoms with Crippen LogP contribution in [0.2, 0.25) is 0 Å². The second-order valence-electron chi connectivity index (χ2n) is 10.3. The van der Waals surface area contributed by atoms with Gasteiger partial charge in [0.25, 0.3) is 0 Å². The van der Waals surface area contributed by atoms with Crippen molar-refractivity contribution in [2.45, 2.75) is 11.7 Å². The van der Waals surface area contributed by atoms with E-state index in [1.165, 1.54) is 38.6 Å². The summed E-state index contributed by atoms with van der Waals surface area (Å²) >= 11 is 0. The summed E-state index contributed by atoms with van der Waals surface area (Å²) in [5, 5.41) is 2.46. The largest absolute Gasteiger partial charge is 0.456 e. The highest BCUT2D eigenvalue weighted by atomic mass is 16.5. The number of rotatable bonds is 1. The van der Waals surface area contributed by atoms with Gasteiger partial charge in [0.15, 0.2) is 11.7 Å². The Morgan fingerprint density at radius 2 is 1.61 bits per heavy atom. The second-order valence-corrected chi connectivity index (χ2v) is 10.3. The van der Waals surface area contributed by atoms with Crippen molar-refractivity contribution in [3.05, 3.63) is 127 Å². The van der Waals surface area contributed by atoms with Gasteiger partial charge in [-0.05, 0) is 48.5 Å². The number of anilines is 2. The second kappa shape index (κ2) is 6.23. The third-order valence-electron chi connectivity index (χ3n) is 8.75. The number of aromatic nitrogens is 3. The Morgan fingerprint density at radius 1 is 0.763 bits per heavy atom. The highest BCUT2D eigenvalue weighted by Crippen LogP contribution is 2.62. The number of hydrogen-bond donors (Lipinski definition) is 0. The molecular formula is C32H20N5O+. The smallest absolute Gasteiger partial charge is 0.306 e. The summed E-state index contributed by atoms with van der Waals surface area (Å²) in [5.41, 5.74) is 6.52. The third kappa shape index (κ3) is 1.89. The first-order valence-electron chi connectivity index (χ1n) is 12.9. The average molecular weight is 491 g/mol. The molecule has 0 fully saturated rings. The van der Waals surface area contributed by atoms with E-state index in [0.717, 1.165) is 23.0 Å². The van der Waals surface area contributed by atoms with E-state index in [0.29, 0.717) is 0 Å². The summed E-state index contributed by atoms with van der Waals surface area (Å²) in [6, 6.07) is 30.1. The molecule has 6 nitrogen and oxygen atoms in total. The molecule has 1 spiro atoms. The molecule has 0 radical (unpaired) electrons. The van der Waals surface area contributed by atoms with Crippen molar-refractivity contribution in [3.8, 4) is 17.3 Å². The molecule has 38 heavy (non-hydrogen) atoms. The van der Waals surface area contributed by atoms with Crippen molar-refractivity contribution < 1.29 is 9.30 Å². The van der Waals surface area contributed by atoms with Gasteiger partial charge in [0, 0.05) is 28.9 Å². The molecule has 0 amide bonds. The molecule has 4 aromatic carbocycles. The van der Waals surface area contributed by atoms with Crippen LogP contribution in [-0.4, -0.2) is 15.7 Å². The highest BCUT2D eigenvalue weighted by molar-refractivity contribution is 6.12. The van der Waals surface area contributed by atoms with Crippen LogP contribution < -0.4 is 19.1 Å². The molecule has 4 aliphatic rings. The van der Waals surface area contributed by atoms with Gasteiger partial charge in [-0.25, -0.2) is 4.57 Å².